The average Bonchev–Trinajstić information content (AvgIpc) is 3.42. The molecule has 0 bridgehead atoms. The second-order valence-corrected chi connectivity index (χ2v) is 11.3. The van der Waals surface area contributed by atoms with E-state index >= 15 is 0 Å². The van der Waals surface area contributed by atoms with E-state index in [0.717, 1.165) is 18.3 Å². The first kappa shape index (κ1) is 36.0. The molecule has 0 radical (unpaired) electrons. The predicted octanol–water partition coefficient (Wildman–Crippen LogP) is 11.8. The number of ether oxygens (including phenoxy) is 2. The van der Waals surface area contributed by atoms with Gasteiger partial charge < -0.3 is 9.47 Å². The van der Waals surface area contributed by atoms with Crippen LogP contribution in [-0.2, 0) is 16.3 Å². The largest absolute Gasteiger partial charge is 0.465 e. The highest BCUT2D eigenvalue weighted by atomic mass is 31.0. The molecule has 0 amide bonds. The topological polar surface area (TPSA) is 18.5 Å². The summed E-state index contributed by atoms with van der Waals surface area (Å²) in [4.78, 5) is 0. The maximum atomic E-state index is 6.86. The Labute approximate surface area is 275 Å². The molecule has 0 spiro atoms. The number of rotatable bonds is 12. The number of allylic oxidation sites excluding steroid dienone is 3. The van der Waals surface area contributed by atoms with Crippen molar-refractivity contribution in [3.8, 4) is 5.75 Å². The van der Waals surface area contributed by atoms with Gasteiger partial charge in [-0.1, -0.05) is 151 Å². The summed E-state index contributed by atoms with van der Waals surface area (Å²) < 4.78 is 13.5. The minimum absolute atomic E-state index is 0.169. The fourth-order valence-electron chi connectivity index (χ4n) is 6.12. The molecule has 0 fully saturated rings. The SMILES string of the molecule is C/C=C\C1=C(CC)c2ccccc2C1COC(CC(C)(c1ccccc1)c1ccccc1)Oc1ccc(CP)cc1.CC.CC. The van der Waals surface area contributed by atoms with Crippen LogP contribution < -0.4 is 4.74 Å². The van der Waals surface area contributed by atoms with Crippen molar-refractivity contribution in [2.45, 2.75) is 85.1 Å². The summed E-state index contributed by atoms with van der Waals surface area (Å²) in [7, 11) is 2.79. The molecule has 5 rings (SSSR count). The monoisotopic (exact) mass is 620 g/mol. The molecule has 3 unspecified atom stereocenters. The predicted molar refractivity (Wildman–Crippen MR) is 198 cm³/mol. The normalized spacial score (nSPS) is 14.6. The van der Waals surface area contributed by atoms with Crippen molar-refractivity contribution in [1.29, 1.82) is 0 Å². The zero-order valence-electron chi connectivity index (χ0n) is 28.4. The fraction of sp³-hybridized carbons (Fsp3) is 0.333. The van der Waals surface area contributed by atoms with Gasteiger partial charge in [0.2, 0.25) is 6.29 Å². The van der Waals surface area contributed by atoms with Gasteiger partial charge in [0.1, 0.15) is 5.75 Å². The van der Waals surface area contributed by atoms with Gasteiger partial charge in [-0.2, -0.15) is 0 Å². The van der Waals surface area contributed by atoms with Crippen molar-refractivity contribution >= 4 is 14.8 Å². The Bertz CT molecular complexity index is 1430. The first-order chi connectivity index (χ1) is 22.1. The van der Waals surface area contributed by atoms with Gasteiger partial charge in [0.05, 0.1) is 6.61 Å². The van der Waals surface area contributed by atoms with E-state index in [1.807, 2.05) is 27.7 Å². The third-order valence-corrected chi connectivity index (χ3v) is 8.83. The summed E-state index contributed by atoms with van der Waals surface area (Å²) >= 11 is 0. The number of hydrogen-bond donors (Lipinski definition) is 0. The van der Waals surface area contributed by atoms with Gasteiger partial charge in [0.25, 0.3) is 0 Å². The maximum absolute atomic E-state index is 6.86. The third kappa shape index (κ3) is 8.84. The molecule has 4 aromatic carbocycles. The standard InChI is InChI=1S/C38H41O2P.2C2H6/c1-4-14-33-32(5-2)34-19-12-13-20-35(34)36(33)26-39-37(40-31-23-21-28(27-41)22-24-31)25-38(3,29-15-8-6-9-16-29)30-17-10-7-11-18-30;2*1-2/h4,6-24,36-37H,5,25-27,41H2,1-3H3;2*1-2H3/b14-4-;;. The summed E-state index contributed by atoms with van der Waals surface area (Å²) in [5, 5.41) is 0. The summed E-state index contributed by atoms with van der Waals surface area (Å²) in [6.45, 7) is 15.2. The number of fused-ring (bicyclic) bond motifs is 1. The minimum Gasteiger partial charge on any atom is -0.465 e. The van der Waals surface area contributed by atoms with Crippen LogP contribution in [0.1, 0.15) is 95.0 Å². The first-order valence-corrected chi connectivity index (χ1v) is 17.5. The quantitative estimate of drug-likeness (QED) is 0.116. The van der Waals surface area contributed by atoms with Crippen molar-refractivity contribution in [3.63, 3.8) is 0 Å². The molecule has 1 aliphatic rings. The van der Waals surface area contributed by atoms with Gasteiger partial charge in [-0.15, -0.1) is 9.24 Å². The number of benzene rings is 4. The molecule has 0 saturated heterocycles. The molecule has 3 atom stereocenters. The molecule has 1 aliphatic carbocycles. The Kier molecular flexibility index (Phi) is 14.8. The molecular weight excluding hydrogens is 567 g/mol. The molecule has 238 valence electrons. The molecular formula is C42H53O2P. The van der Waals surface area contributed by atoms with Crippen molar-refractivity contribution in [1.82, 2.24) is 0 Å². The molecule has 4 aromatic rings. The Morgan fingerprint density at radius 3 is 1.87 bits per heavy atom. The Morgan fingerprint density at radius 1 is 0.778 bits per heavy atom. The lowest BCUT2D eigenvalue weighted by Crippen LogP contribution is -2.34. The Hall–Kier alpha value is -3.45. The van der Waals surface area contributed by atoms with Crippen LogP contribution in [0.2, 0.25) is 0 Å². The lowest BCUT2D eigenvalue weighted by molar-refractivity contribution is -0.0944. The maximum Gasteiger partial charge on any atom is 0.201 e. The highest BCUT2D eigenvalue weighted by Gasteiger charge is 2.35. The van der Waals surface area contributed by atoms with Gasteiger partial charge >= 0.3 is 0 Å². The van der Waals surface area contributed by atoms with Crippen molar-refractivity contribution in [2.75, 3.05) is 6.61 Å². The van der Waals surface area contributed by atoms with E-state index < -0.39 is 6.29 Å². The van der Waals surface area contributed by atoms with Crippen LogP contribution in [0, 0.1) is 0 Å². The smallest absolute Gasteiger partial charge is 0.201 e. The Balaban J connectivity index is 0.00000133. The second-order valence-electron chi connectivity index (χ2n) is 10.9. The molecule has 0 saturated carbocycles. The molecule has 3 heteroatoms. The van der Waals surface area contributed by atoms with Gasteiger partial charge in [-0.05, 0) is 70.6 Å². The van der Waals surface area contributed by atoms with Crippen molar-refractivity contribution in [3.05, 3.63) is 155 Å². The van der Waals surface area contributed by atoms with Gasteiger partial charge in [0.15, 0.2) is 0 Å². The third-order valence-electron chi connectivity index (χ3n) is 8.36. The molecule has 0 aliphatic heterocycles. The average molecular weight is 621 g/mol. The van der Waals surface area contributed by atoms with E-state index in [4.69, 9.17) is 9.47 Å². The van der Waals surface area contributed by atoms with Gasteiger partial charge in [-0.3, -0.25) is 0 Å². The molecule has 0 aromatic heterocycles. The lowest BCUT2D eigenvalue weighted by atomic mass is 9.73. The van der Waals surface area contributed by atoms with E-state index in [-0.39, 0.29) is 11.3 Å². The fourth-order valence-corrected chi connectivity index (χ4v) is 6.39. The van der Waals surface area contributed by atoms with Crippen LogP contribution in [0.3, 0.4) is 0 Å². The van der Waals surface area contributed by atoms with Crippen LogP contribution in [0.15, 0.2) is 127 Å². The highest BCUT2D eigenvalue weighted by Crippen LogP contribution is 2.45. The molecule has 0 N–H and O–H groups in total. The minimum atomic E-state index is -0.452. The summed E-state index contributed by atoms with van der Waals surface area (Å²) in [6.07, 6.45) is 6.54. The zero-order chi connectivity index (χ0) is 32.7. The van der Waals surface area contributed by atoms with E-state index in [9.17, 15) is 0 Å². The van der Waals surface area contributed by atoms with Crippen LogP contribution >= 0.6 is 9.24 Å². The molecule has 2 nitrogen and oxygen atoms in total. The number of hydrogen-bond acceptors (Lipinski definition) is 2. The first-order valence-electron chi connectivity index (χ1n) is 16.7. The highest BCUT2D eigenvalue weighted by molar-refractivity contribution is 7.15. The summed E-state index contributed by atoms with van der Waals surface area (Å²) in [5.74, 6) is 0.994. The summed E-state index contributed by atoms with van der Waals surface area (Å²) in [6, 6.07) is 38.6. The Morgan fingerprint density at radius 2 is 1.33 bits per heavy atom. The van der Waals surface area contributed by atoms with Crippen LogP contribution in [0.4, 0.5) is 0 Å². The van der Waals surface area contributed by atoms with Crippen LogP contribution in [-0.4, -0.2) is 12.9 Å². The summed E-state index contributed by atoms with van der Waals surface area (Å²) in [5.41, 5.74) is 8.90. The van der Waals surface area contributed by atoms with E-state index in [1.165, 1.54) is 39.0 Å². The van der Waals surface area contributed by atoms with Gasteiger partial charge in [0, 0.05) is 17.8 Å². The van der Waals surface area contributed by atoms with E-state index in [2.05, 4.69) is 151 Å². The van der Waals surface area contributed by atoms with E-state index in [1.54, 1.807) is 0 Å². The molecule has 45 heavy (non-hydrogen) atoms. The van der Waals surface area contributed by atoms with Crippen LogP contribution in [0.25, 0.3) is 5.57 Å². The second kappa shape index (κ2) is 18.5. The van der Waals surface area contributed by atoms with Gasteiger partial charge in [-0.25, -0.2) is 0 Å². The molecule has 0 heterocycles. The van der Waals surface area contributed by atoms with Crippen molar-refractivity contribution in [2.24, 2.45) is 0 Å². The van der Waals surface area contributed by atoms with E-state index in [0.29, 0.717) is 13.0 Å². The van der Waals surface area contributed by atoms with Crippen LogP contribution in [0.5, 0.6) is 5.75 Å². The zero-order valence-corrected chi connectivity index (χ0v) is 29.6. The van der Waals surface area contributed by atoms with Crippen molar-refractivity contribution < 1.29 is 9.47 Å². The lowest BCUT2D eigenvalue weighted by Gasteiger charge is -2.35.